The van der Waals surface area contributed by atoms with Crippen LogP contribution in [-0.2, 0) is 4.79 Å². The minimum Gasteiger partial charge on any atom is -0.484 e. The third kappa shape index (κ3) is 3.84. The van der Waals surface area contributed by atoms with Gasteiger partial charge in [0.1, 0.15) is 5.75 Å². The maximum atomic E-state index is 11.8. The zero-order valence-corrected chi connectivity index (χ0v) is 12.1. The van der Waals surface area contributed by atoms with Crippen molar-refractivity contribution in [2.75, 3.05) is 11.9 Å². The normalized spacial score (nSPS) is 9.60. The Morgan fingerprint density at radius 3 is 2.80 bits per heavy atom. The molecule has 2 aromatic carbocycles. The van der Waals surface area contributed by atoms with Crippen molar-refractivity contribution in [2.45, 2.75) is 0 Å². The molecule has 2 aromatic rings. The Morgan fingerprint density at radius 1 is 1.25 bits per heavy atom. The molecule has 5 heteroatoms. The number of ether oxygens (including phenoxy) is 1. The van der Waals surface area contributed by atoms with Gasteiger partial charge in [0.2, 0.25) is 0 Å². The van der Waals surface area contributed by atoms with Crippen LogP contribution in [0.15, 0.2) is 53.0 Å². The zero-order chi connectivity index (χ0) is 14.4. The number of para-hydroxylation sites is 1. The van der Waals surface area contributed by atoms with Crippen LogP contribution in [0.4, 0.5) is 5.69 Å². The average molecular weight is 331 g/mol. The third-order valence-corrected chi connectivity index (χ3v) is 3.17. The van der Waals surface area contributed by atoms with E-state index in [0.717, 1.165) is 4.47 Å². The number of nitrogens with one attached hydrogen (secondary N) is 1. The molecule has 0 aliphatic heterocycles. The van der Waals surface area contributed by atoms with Crippen LogP contribution in [-0.4, -0.2) is 12.5 Å². The Kier molecular flexibility index (Phi) is 4.75. The summed E-state index contributed by atoms with van der Waals surface area (Å²) in [5.74, 6) is 0.227. The van der Waals surface area contributed by atoms with E-state index in [1.54, 1.807) is 30.3 Å². The largest absolute Gasteiger partial charge is 0.484 e. The van der Waals surface area contributed by atoms with E-state index in [1.807, 2.05) is 24.3 Å². The topological polar surface area (TPSA) is 62.1 Å². The lowest BCUT2D eigenvalue weighted by molar-refractivity contribution is -0.118. The summed E-state index contributed by atoms with van der Waals surface area (Å²) in [6.45, 7) is -0.115. The second kappa shape index (κ2) is 6.73. The molecule has 0 bridgehead atoms. The number of anilines is 1. The van der Waals surface area contributed by atoms with E-state index >= 15 is 0 Å². The molecule has 0 heterocycles. The fraction of sp³-hybridized carbons (Fsp3) is 0.0667. The van der Waals surface area contributed by atoms with Gasteiger partial charge < -0.3 is 10.1 Å². The number of hydrogen-bond acceptors (Lipinski definition) is 3. The van der Waals surface area contributed by atoms with Crippen LogP contribution in [0, 0.1) is 11.3 Å². The molecule has 0 atom stereocenters. The molecule has 0 aliphatic carbocycles. The Labute approximate surface area is 125 Å². The van der Waals surface area contributed by atoms with E-state index in [2.05, 4.69) is 21.2 Å². The number of nitrogens with zero attached hydrogens (tertiary/aromatic N) is 1. The van der Waals surface area contributed by atoms with E-state index < -0.39 is 0 Å². The van der Waals surface area contributed by atoms with Crippen LogP contribution >= 0.6 is 15.9 Å². The summed E-state index contributed by atoms with van der Waals surface area (Å²) in [6.07, 6.45) is 0. The zero-order valence-electron chi connectivity index (χ0n) is 10.5. The highest BCUT2D eigenvalue weighted by atomic mass is 79.9. The van der Waals surface area contributed by atoms with Gasteiger partial charge in [-0.25, -0.2) is 0 Å². The number of benzene rings is 2. The predicted molar refractivity (Wildman–Crippen MR) is 79.4 cm³/mol. The first kappa shape index (κ1) is 14.1. The molecular weight excluding hydrogens is 320 g/mol. The van der Waals surface area contributed by atoms with Gasteiger partial charge in [0.15, 0.2) is 6.61 Å². The summed E-state index contributed by atoms with van der Waals surface area (Å²) >= 11 is 3.35. The van der Waals surface area contributed by atoms with E-state index in [0.29, 0.717) is 17.0 Å². The summed E-state index contributed by atoms with van der Waals surface area (Å²) < 4.78 is 6.15. The van der Waals surface area contributed by atoms with Gasteiger partial charge in [-0.2, -0.15) is 5.26 Å². The van der Waals surface area contributed by atoms with Crippen LogP contribution in [0.2, 0.25) is 0 Å². The molecule has 0 unspecified atom stereocenters. The minimum atomic E-state index is -0.265. The number of hydrogen-bond donors (Lipinski definition) is 1. The Morgan fingerprint density at radius 2 is 2.05 bits per heavy atom. The lowest BCUT2D eigenvalue weighted by Crippen LogP contribution is -2.20. The van der Waals surface area contributed by atoms with Crippen molar-refractivity contribution in [1.82, 2.24) is 0 Å². The van der Waals surface area contributed by atoms with Gasteiger partial charge >= 0.3 is 0 Å². The van der Waals surface area contributed by atoms with E-state index in [1.165, 1.54) is 0 Å². The standard InChI is InChI=1S/C15H11BrN2O2/c16-13-6-1-2-7-14(13)18-15(19)10-20-12-5-3-4-11(8-12)9-17/h1-8H,10H2,(H,18,19). The van der Waals surface area contributed by atoms with Crippen molar-refractivity contribution < 1.29 is 9.53 Å². The number of rotatable bonds is 4. The summed E-state index contributed by atoms with van der Waals surface area (Å²) in [5.41, 5.74) is 1.18. The van der Waals surface area contributed by atoms with Gasteiger partial charge in [-0.15, -0.1) is 0 Å². The van der Waals surface area contributed by atoms with Gasteiger partial charge in [0.05, 0.1) is 17.3 Å². The Hall–Kier alpha value is -2.32. The number of carbonyl (C=O) groups excluding carboxylic acids is 1. The summed E-state index contributed by atoms with van der Waals surface area (Å²) in [5, 5.41) is 11.5. The summed E-state index contributed by atoms with van der Waals surface area (Å²) in [7, 11) is 0. The summed E-state index contributed by atoms with van der Waals surface area (Å²) in [4.78, 5) is 11.8. The van der Waals surface area contributed by atoms with Gasteiger partial charge in [0, 0.05) is 4.47 Å². The molecule has 2 rings (SSSR count). The predicted octanol–water partition coefficient (Wildman–Crippen LogP) is 3.34. The van der Waals surface area contributed by atoms with E-state index in [-0.39, 0.29) is 12.5 Å². The number of carbonyl (C=O) groups is 1. The van der Waals surface area contributed by atoms with E-state index in [4.69, 9.17) is 10.00 Å². The number of halogens is 1. The second-order valence-corrected chi connectivity index (χ2v) is 4.81. The molecule has 0 fully saturated rings. The molecule has 4 nitrogen and oxygen atoms in total. The maximum Gasteiger partial charge on any atom is 0.262 e. The van der Waals surface area contributed by atoms with Gasteiger partial charge in [-0.3, -0.25) is 4.79 Å². The number of nitriles is 1. The molecule has 0 saturated heterocycles. The lowest BCUT2D eigenvalue weighted by Gasteiger charge is -2.08. The maximum absolute atomic E-state index is 11.8. The van der Waals surface area contributed by atoms with Crippen molar-refractivity contribution in [2.24, 2.45) is 0 Å². The van der Waals surface area contributed by atoms with Crippen molar-refractivity contribution in [3.63, 3.8) is 0 Å². The minimum absolute atomic E-state index is 0.115. The molecular formula is C15H11BrN2O2. The quantitative estimate of drug-likeness (QED) is 0.935. The smallest absolute Gasteiger partial charge is 0.262 e. The molecule has 1 N–H and O–H groups in total. The highest BCUT2D eigenvalue weighted by Crippen LogP contribution is 2.21. The fourth-order valence-corrected chi connectivity index (χ4v) is 1.94. The first-order chi connectivity index (χ1) is 9.69. The van der Waals surface area contributed by atoms with Gasteiger partial charge in [0.25, 0.3) is 5.91 Å². The van der Waals surface area contributed by atoms with Crippen molar-refractivity contribution in [1.29, 1.82) is 5.26 Å². The van der Waals surface area contributed by atoms with Crippen LogP contribution in [0.1, 0.15) is 5.56 Å². The molecule has 100 valence electrons. The second-order valence-electron chi connectivity index (χ2n) is 3.96. The monoisotopic (exact) mass is 330 g/mol. The first-order valence-corrected chi connectivity index (χ1v) is 6.65. The van der Waals surface area contributed by atoms with Crippen LogP contribution in [0.3, 0.4) is 0 Å². The Bertz CT molecular complexity index is 665. The van der Waals surface area contributed by atoms with E-state index in [9.17, 15) is 4.79 Å². The molecule has 1 amide bonds. The molecule has 0 saturated carbocycles. The highest BCUT2D eigenvalue weighted by Gasteiger charge is 2.06. The molecule has 0 spiro atoms. The fourth-order valence-electron chi connectivity index (χ4n) is 1.55. The van der Waals surface area contributed by atoms with Gasteiger partial charge in [-0.1, -0.05) is 18.2 Å². The van der Waals surface area contributed by atoms with Crippen LogP contribution in [0.25, 0.3) is 0 Å². The highest BCUT2D eigenvalue weighted by molar-refractivity contribution is 9.10. The summed E-state index contributed by atoms with van der Waals surface area (Å²) in [6, 6.07) is 16.0. The Balaban J connectivity index is 1.93. The SMILES string of the molecule is N#Cc1cccc(OCC(=O)Nc2ccccc2Br)c1. The third-order valence-electron chi connectivity index (χ3n) is 2.48. The molecule has 0 aliphatic rings. The average Bonchev–Trinajstić information content (AvgIpc) is 2.48. The molecule has 20 heavy (non-hydrogen) atoms. The van der Waals surface area contributed by atoms with Crippen LogP contribution < -0.4 is 10.1 Å². The van der Waals surface area contributed by atoms with Crippen molar-refractivity contribution in [3.8, 4) is 11.8 Å². The molecule has 0 radical (unpaired) electrons. The van der Waals surface area contributed by atoms with Crippen LogP contribution in [0.5, 0.6) is 5.75 Å². The van der Waals surface area contributed by atoms with Crippen molar-refractivity contribution in [3.05, 3.63) is 58.6 Å². The van der Waals surface area contributed by atoms with Gasteiger partial charge in [-0.05, 0) is 46.3 Å². The lowest BCUT2D eigenvalue weighted by atomic mass is 10.2. The number of amides is 1. The molecule has 0 aromatic heterocycles. The first-order valence-electron chi connectivity index (χ1n) is 5.86. The van der Waals surface area contributed by atoms with Crippen molar-refractivity contribution >= 4 is 27.5 Å².